The second-order valence-corrected chi connectivity index (χ2v) is 5.24. The summed E-state index contributed by atoms with van der Waals surface area (Å²) in [6, 6.07) is 2.05. The zero-order valence-electron chi connectivity index (χ0n) is 9.75. The Bertz CT molecular complexity index is 624. The van der Waals surface area contributed by atoms with Crippen LogP contribution in [0.3, 0.4) is 0 Å². The quantitative estimate of drug-likeness (QED) is 0.894. The highest BCUT2D eigenvalue weighted by molar-refractivity contribution is 7.16. The van der Waals surface area contributed by atoms with E-state index in [-0.39, 0.29) is 4.88 Å². The predicted molar refractivity (Wildman–Crippen MR) is 69.3 cm³/mol. The first-order chi connectivity index (χ1) is 8.65. The summed E-state index contributed by atoms with van der Waals surface area (Å²) in [5.74, 6) is 0.0707. The van der Waals surface area contributed by atoms with E-state index >= 15 is 0 Å². The molecule has 0 aliphatic carbocycles. The van der Waals surface area contributed by atoms with Crippen molar-refractivity contribution in [2.24, 2.45) is 0 Å². The summed E-state index contributed by atoms with van der Waals surface area (Å²) in [7, 11) is 2.02. The standard InChI is InChI=1S/C12H11N3O2S/c1-15-3-2-7-4-8(5-13-10(7)15)11-14-6-9(18-11)12(16)17/h4-6H,2-3H2,1H3,(H,16,17). The first kappa shape index (κ1) is 11.2. The van der Waals surface area contributed by atoms with Crippen molar-refractivity contribution < 1.29 is 9.90 Å². The molecule has 0 unspecified atom stereocenters. The largest absolute Gasteiger partial charge is 0.477 e. The van der Waals surface area contributed by atoms with Crippen LogP contribution in [0, 0.1) is 0 Å². The van der Waals surface area contributed by atoms with Gasteiger partial charge in [0, 0.05) is 25.4 Å². The van der Waals surface area contributed by atoms with Crippen molar-refractivity contribution in [3.63, 3.8) is 0 Å². The minimum atomic E-state index is -0.937. The second-order valence-electron chi connectivity index (χ2n) is 4.21. The third-order valence-electron chi connectivity index (χ3n) is 2.98. The maximum absolute atomic E-state index is 10.8. The molecule has 3 heterocycles. The summed E-state index contributed by atoms with van der Waals surface area (Å²) in [5, 5.41) is 9.59. The number of carbonyl (C=O) groups is 1. The first-order valence-electron chi connectivity index (χ1n) is 5.54. The lowest BCUT2D eigenvalue weighted by Crippen LogP contribution is -2.13. The van der Waals surface area contributed by atoms with Gasteiger partial charge in [0.25, 0.3) is 0 Å². The maximum Gasteiger partial charge on any atom is 0.347 e. The summed E-state index contributed by atoms with van der Waals surface area (Å²) >= 11 is 1.18. The number of nitrogens with zero attached hydrogens (tertiary/aromatic N) is 3. The van der Waals surface area contributed by atoms with Crippen LogP contribution in [0.2, 0.25) is 0 Å². The van der Waals surface area contributed by atoms with Crippen molar-refractivity contribution in [1.82, 2.24) is 9.97 Å². The molecule has 0 spiro atoms. The Morgan fingerprint density at radius 1 is 1.44 bits per heavy atom. The number of carboxylic acids is 1. The zero-order chi connectivity index (χ0) is 12.7. The first-order valence-corrected chi connectivity index (χ1v) is 6.36. The molecule has 0 fully saturated rings. The third-order valence-corrected chi connectivity index (χ3v) is 4.02. The molecule has 0 aromatic carbocycles. The lowest BCUT2D eigenvalue weighted by molar-refractivity contribution is 0.0702. The van der Waals surface area contributed by atoms with E-state index in [9.17, 15) is 4.79 Å². The van der Waals surface area contributed by atoms with Gasteiger partial charge in [-0.15, -0.1) is 11.3 Å². The predicted octanol–water partition coefficient (Wildman–Crippen LogP) is 1.90. The summed E-state index contributed by atoms with van der Waals surface area (Å²) < 4.78 is 0. The molecule has 2 aromatic heterocycles. The monoisotopic (exact) mass is 261 g/mol. The number of pyridine rings is 1. The van der Waals surface area contributed by atoms with Gasteiger partial charge in [-0.3, -0.25) is 0 Å². The number of carboxylic acid groups (broad SMARTS) is 1. The van der Waals surface area contributed by atoms with Gasteiger partial charge in [-0.1, -0.05) is 0 Å². The fraction of sp³-hybridized carbons (Fsp3) is 0.250. The highest BCUT2D eigenvalue weighted by Gasteiger charge is 2.18. The number of aromatic carboxylic acids is 1. The van der Waals surface area contributed by atoms with E-state index in [1.54, 1.807) is 6.20 Å². The van der Waals surface area contributed by atoms with Crippen LogP contribution in [-0.2, 0) is 6.42 Å². The molecule has 0 saturated heterocycles. The molecule has 18 heavy (non-hydrogen) atoms. The van der Waals surface area contributed by atoms with Crippen LogP contribution in [0.25, 0.3) is 10.6 Å². The Morgan fingerprint density at radius 2 is 2.28 bits per heavy atom. The van der Waals surface area contributed by atoms with Crippen molar-refractivity contribution in [1.29, 1.82) is 0 Å². The molecule has 0 bridgehead atoms. The molecule has 1 aliphatic heterocycles. The number of thiazole rings is 1. The number of anilines is 1. The van der Waals surface area contributed by atoms with Gasteiger partial charge in [0.1, 0.15) is 15.7 Å². The van der Waals surface area contributed by atoms with Gasteiger partial charge in [-0.05, 0) is 18.1 Å². The van der Waals surface area contributed by atoms with Crippen LogP contribution in [0.1, 0.15) is 15.2 Å². The van der Waals surface area contributed by atoms with Gasteiger partial charge in [0.2, 0.25) is 0 Å². The van der Waals surface area contributed by atoms with Crippen molar-refractivity contribution in [2.75, 3.05) is 18.5 Å². The summed E-state index contributed by atoms with van der Waals surface area (Å²) in [4.78, 5) is 21.7. The molecule has 6 heteroatoms. The van der Waals surface area contributed by atoms with Crippen molar-refractivity contribution >= 4 is 23.1 Å². The lowest BCUT2D eigenvalue weighted by atomic mass is 10.2. The topological polar surface area (TPSA) is 66.3 Å². The third kappa shape index (κ3) is 1.74. The van der Waals surface area contributed by atoms with E-state index < -0.39 is 5.97 Å². The van der Waals surface area contributed by atoms with Gasteiger partial charge >= 0.3 is 5.97 Å². The Kier molecular flexibility index (Phi) is 2.52. The number of rotatable bonds is 2. The lowest BCUT2D eigenvalue weighted by Gasteiger charge is -2.10. The van der Waals surface area contributed by atoms with Gasteiger partial charge in [0.05, 0.1) is 6.20 Å². The summed E-state index contributed by atoms with van der Waals surface area (Å²) in [6.45, 7) is 0.976. The van der Waals surface area contributed by atoms with Gasteiger partial charge < -0.3 is 10.0 Å². The number of hydrogen-bond donors (Lipinski definition) is 1. The molecular formula is C12H11N3O2S. The zero-order valence-corrected chi connectivity index (χ0v) is 10.6. The SMILES string of the molecule is CN1CCc2cc(-c3ncc(C(=O)O)s3)cnc21. The van der Waals surface area contributed by atoms with Crippen LogP contribution >= 0.6 is 11.3 Å². The molecule has 2 aromatic rings. The molecule has 92 valence electrons. The number of fused-ring (bicyclic) bond motifs is 1. The molecule has 1 aliphatic rings. The Hall–Kier alpha value is -1.95. The van der Waals surface area contributed by atoms with Gasteiger partial charge in [-0.2, -0.15) is 0 Å². The molecule has 0 atom stereocenters. The highest BCUT2D eigenvalue weighted by atomic mass is 32.1. The second kappa shape index (κ2) is 4.06. The van der Waals surface area contributed by atoms with Crippen LogP contribution in [0.5, 0.6) is 0 Å². The maximum atomic E-state index is 10.8. The van der Waals surface area contributed by atoms with Crippen LogP contribution in [0.15, 0.2) is 18.5 Å². The smallest absolute Gasteiger partial charge is 0.347 e. The normalized spacial score (nSPS) is 13.7. The summed E-state index contributed by atoms with van der Waals surface area (Å²) in [5.41, 5.74) is 2.09. The van der Waals surface area contributed by atoms with Gasteiger partial charge in [0.15, 0.2) is 0 Å². The van der Waals surface area contributed by atoms with Crippen molar-refractivity contribution in [3.8, 4) is 10.6 Å². The van der Waals surface area contributed by atoms with E-state index in [1.807, 2.05) is 7.05 Å². The average molecular weight is 261 g/mol. The number of likely N-dealkylation sites (N-methyl/N-ethyl adjacent to an activating group) is 1. The van der Waals surface area contributed by atoms with Crippen molar-refractivity contribution in [3.05, 3.63) is 28.9 Å². The minimum absolute atomic E-state index is 0.252. The molecule has 0 saturated carbocycles. The van der Waals surface area contributed by atoms with E-state index in [1.165, 1.54) is 23.1 Å². The summed E-state index contributed by atoms with van der Waals surface area (Å²) in [6.07, 6.45) is 4.12. The van der Waals surface area contributed by atoms with Crippen LogP contribution < -0.4 is 4.90 Å². The molecule has 1 N–H and O–H groups in total. The highest BCUT2D eigenvalue weighted by Crippen LogP contribution is 2.30. The van der Waals surface area contributed by atoms with Gasteiger partial charge in [-0.25, -0.2) is 14.8 Å². The molecular weight excluding hydrogens is 250 g/mol. The fourth-order valence-corrected chi connectivity index (χ4v) is 2.78. The molecule has 3 rings (SSSR count). The fourth-order valence-electron chi connectivity index (χ4n) is 2.05. The van der Waals surface area contributed by atoms with E-state index in [4.69, 9.17) is 5.11 Å². The van der Waals surface area contributed by atoms with E-state index in [0.717, 1.165) is 24.3 Å². The van der Waals surface area contributed by atoms with Crippen LogP contribution in [-0.4, -0.2) is 34.6 Å². The van der Waals surface area contributed by atoms with Crippen molar-refractivity contribution in [2.45, 2.75) is 6.42 Å². The van der Waals surface area contributed by atoms with E-state index in [2.05, 4.69) is 20.9 Å². The molecule has 0 amide bonds. The van der Waals surface area contributed by atoms with Crippen LogP contribution in [0.4, 0.5) is 5.82 Å². The average Bonchev–Trinajstić information content (AvgIpc) is 2.96. The molecule has 5 nitrogen and oxygen atoms in total. The number of aromatic nitrogens is 2. The van der Waals surface area contributed by atoms with E-state index in [0.29, 0.717) is 5.01 Å². The minimum Gasteiger partial charge on any atom is -0.477 e. The molecule has 0 radical (unpaired) electrons. The number of hydrogen-bond acceptors (Lipinski definition) is 5. The Morgan fingerprint density at radius 3 is 3.00 bits per heavy atom. The Labute approximate surface area is 108 Å². The Balaban J connectivity index is 1.99.